The Bertz CT molecular complexity index is 644. The third-order valence-corrected chi connectivity index (χ3v) is 4.69. The minimum Gasteiger partial charge on any atom is -0.331 e. The average Bonchev–Trinajstić information content (AvgIpc) is 3.04. The molecule has 4 heteroatoms. The zero-order valence-electron chi connectivity index (χ0n) is 14.4. The van der Waals surface area contributed by atoms with Crippen molar-refractivity contribution < 1.29 is 0 Å². The van der Waals surface area contributed by atoms with E-state index in [1.54, 1.807) is 0 Å². The first-order chi connectivity index (χ1) is 11.5. The summed E-state index contributed by atoms with van der Waals surface area (Å²) in [5, 5.41) is 4.23. The monoisotopic (exact) mass is 343 g/mol. The van der Waals surface area contributed by atoms with Crippen LogP contribution in [0.2, 0.25) is 5.02 Å². The van der Waals surface area contributed by atoms with Gasteiger partial charge in [0.25, 0.3) is 0 Å². The molecule has 3 nitrogen and oxygen atoms in total. The van der Waals surface area contributed by atoms with Crippen LogP contribution in [0, 0.1) is 0 Å². The second-order valence-electron chi connectivity index (χ2n) is 6.35. The lowest BCUT2D eigenvalue weighted by Crippen LogP contribution is -2.24. The van der Waals surface area contributed by atoms with Gasteiger partial charge in [-0.15, -0.1) is 0 Å². The molecule has 0 spiro atoms. The molecule has 0 aromatic heterocycles. The van der Waals surface area contributed by atoms with Crippen LogP contribution in [0.25, 0.3) is 5.57 Å². The fourth-order valence-corrected chi connectivity index (χ4v) is 2.97. The van der Waals surface area contributed by atoms with Crippen molar-refractivity contribution in [1.82, 2.24) is 10.7 Å². The largest absolute Gasteiger partial charge is 0.331 e. The fraction of sp³-hybridized carbons (Fsp3) is 0.300. The van der Waals surface area contributed by atoms with Crippen molar-refractivity contribution in [2.45, 2.75) is 25.7 Å². The van der Waals surface area contributed by atoms with Gasteiger partial charge in [0, 0.05) is 23.2 Å². The lowest BCUT2D eigenvalue weighted by molar-refractivity contribution is 0.525. The molecular formula is C20H26ClN3. The minimum atomic E-state index is 0.294. The van der Waals surface area contributed by atoms with Crippen LogP contribution in [0.4, 0.5) is 0 Å². The van der Waals surface area contributed by atoms with E-state index in [1.165, 1.54) is 17.5 Å². The Morgan fingerprint density at radius 1 is 1.17 bits per heavy atom. The van der Waals surface area contributed by atoms with Gasteiger partial charge in [-0.25, -0.2) is 0 Å². The molecule has 1 aliphatic rings. The second-order valence-corrected chi connectivity index (χ2v) is 6.79. The molecular weight excluding hydrogens is 318 g/mol. The fourth-order valence-electron chi connectivity index (χ4n) is 2.82. The molecule has 1 unspecified atom stereocenters. The van der Waals surface area contributed by atoms with Crippen molar-refractivity contribution in [1.29, 1.82) is 0 Å². The van der Waals surface area contributed by atoms with E-state index in [0.717, 1.165) is 23.7 Å². The molecule has 0 saturated carbocycles. The molecule has 1 aliphatic heterocycles. The van der Waals surface area contributed by atoms with E-state index >= 15 is 0 Å². The number of nitrogens with two attached hydrogens (primary N) is 1. The maximum Gasteiger partial charge on any atom is 0.0405 e. The number of nitrogens with one attached hydrogen (secondary N) is 2. The summed E-state index contributed by atoms with van der Waals surface area (Å²) in [6.07, 6.45) is 3.03. The molecule has 0 amide bonds. The normalized spacial score (nSPS) is 20.2. The molecule has 1 fully saturated rings. The molecule has 0 aliphatic carbocycles. The number of hydrazine groups is 1. The summed E-state index contributed by atoms with van der Waals surface area (Å²) in [7, 11) is 0. The number of hydrogen-bond donors (Lipinski definition) is 3. The van der Waals surface area contributed by atoms with Crippen LogP contribution < -0.4 is 16.6 Å². The van der Waals surface area contributed by atoms with Crippen LogP contribution in [0.5, 0.6) is 0 Å². The van der Waals surface area contributed by atoms with Gasteiger partial charge in [0.1, 0.15) is 0 Å². The van der Waals surface area contributed by atoms with Gasteiger partial charge >= 0.3 is 0 Å². The number of hydrogen-bond acceptors (Lipinski definition) is 3. The molecule has 4 N–H and O–H groups in total. The van der Waals surface area contributed by atoms with Gasteiger partial charge in [-0.1, -0.05) is 61.0 Å². The standard InChI is InChI=1S/C14H21N3.C6H5Cl/c1-11(9-17-15)12-3-5-13(6-4-12)14(2)7-8-16-10-14;7-6-4-2-1-3-5-6/h3-6,9,16-17H,7-8,10,15H2,1-2H3;1-5H/b11-9+;. The van der Waals surface area contributed by atoms with E-state index < -0.39 is 0 Å². The summed E-state index contributed by atoms with van der Waals surface area (Å²) in [5.41, 5.74) is 6.64. The van der Waals surface area contributed by atoms with Gasteiger partial charge in [0.2, 0.25) is 0 Å². The van der Waals surface area contributed by atoms with Gasteiger partial charge in [-0.2, -0.15) is 0 Å². The highest BCUT2D eigenvalue weighted by Crippen LogP contribution is 2.30. The smallest absolute Gasteiger partial charge is 0.0405 e. The summed E-state index contributed by atoms with van der Waals surface area (Å²) < 4.78 is 0. The van der Waals surface area contributed by atoms with Crippen LogP contribution in [-0.4, -0.2) is 13.1 Å². The topological polar surface area (TPSA) is 50.1 Å². The van der Waals surface area contributed by atoms with Crippen molar-refractivity contribution in [2.24, 2.45) is 5.84 Å². The average molecular weight is 344 g/mol. The first-order valence-corrected chi connectivity index (χ1v) is 8.58. The maximum absolute atomic E-state index is 5.54. The van der Waals surface area contributed by atoms with Crippen molar-refractivity contribution in [3.05, 3.63) is 76.9 Å². The van der Waals surface area contributed by atoms with E-state index in [2.05, 4.69) is 41.9 Å². The van der Waals surface area contributed by atoms with Crippen LogP contribution in [-0.2, 0) is 5.41 Å². The van der Waals surface area contributed by atoms with E-state index in [1.807, 2.05) is 43.5 Å². The van der Waals surface area contributed by atoms with E-state index in [4.69, 9.17) is 17.4 Å². The maximum atomic E-state index is 5.54. The molecule has 128 valence electrons. The highest BCUT2D eigenvalue weighted by molar-refractivity contribution is 6.30. The Hall–Kier alpha value is -1.81. The van der Waals surface area contributed by atoms with E-state index in [-0.39, 0.29) is 0 Å². The summed E-state index contributed by atoms with van der Waals surface area (Å²) in [6, 6.07) is 18.2. The Morgan fingerprint density at radius 2 is 1.83 bits per heavy atom. The Balaban J connectivity index is 0.000000249. The third kappa shape index (κ3) is 5.10. The molecule has 1 atom stereocenters. The first-order valence-electron chi connectivity index (χ1n) is 8.20. The zero-order chi connectivity index (χ0) is 17.4. The van der Waals surface area contributed by atoms with Crippen molar-refractivity contribution in [2.75, 3.05) is 13.1 Å². The van der Waals surface area contributed by atoms with Gasteiger partial charge in [0.05, 0.1) is 0 Å². The van der Waals surface area contributed by atoms with Gasteiger partial charge in [-0.3, -0.25) is 5.84 Å². The molecule has 1 saturated heterocycles. The number of benzene rings is 2. The predicted molar refractivity (Wildman–Crippen MR) is 104 cm³/mol. The Labute approximate surface area is 149 Å². The molecule has 3 rings (SSSR count). The second kappa shape index (κ2) is 8.88. The van der Waals surface area contributed by atoms with E-state index in [0.29, 0.717) is 5.41 Å². The summed E-state index contributed by atoms with van der Waals surface area (Å²) in [6.45, 7) is 6.57. The molecule has 2 aromatic rings. The highest BCUT2D eigenvalue weighted by Gasteiger charge is 2.30. The third-order valence-electron chi connectivity index (χ3n) is 4.44. The first kappa shape index (κ1) is 18.5. The van der Waals surface area contributed by atoms with Crippen molar-refractivity contribution in [3.8, 4) is 0 Å². The Kier molecular flexibility index (Phi) is 6.85. The lowest BCUT2D eigenvalue weighted by atomic mass is 9.81. The predicted octanol–water partition coefficient (Wildman–Crippen LogP) is 4.10. The highest BCUT2D eigenvalue weighted by atomic mass is 35.5. The Morgan fingerprint density at radius 3 is 2.29 bits per heavy atom. The van der Waals surface area contributed by atoms with Gasteiger partial charge in [-0.05, 0) is 48.7 Å². The van der Waals surface area contributed by atoms with Crippen LogP contribution in [0.1, 0.15) is 31.4 Å². The van der Waals surface area contributed by atoms with E-state index in [9.17, 15) is 0 Å². The summed E-state index contributed by atoms with van der Waals surface area (Å²) in [5.74, 6) is 5.28. The zero-order valence-corrected chi connectivity index (χ0v) is 15.1. The number of rotatable bonds is 3. The van der Waals surface area contributed by atoms with Gasteiger partial charge in [0.15, 0.2) is 0 Å². The minimum absolute atomic E-state index is 0.294. The summed E-state index contributed by atoms with van der Waals surface area (Å²) >= 11 is 5.54. The lowest BCUT2D eigenvalue weighted by Gasteiger charge is -2.23. The van der Waals surface area contributed by atoms with Crippen LogP contribution in [0.15, 0.2) is 60.8 Å². The van der Waals surface area contributed by atoms with Crippen molar-refractivity contribution >= 4 is 17.2 Å². The molecule has 1 heterocycles. The number of halogens is 1. The SMILES string of the molecule is C/C(=C\NN)c1ccc(C2(C)CCNC2)cc1.Clc1ccccc1. The molecule has 24 heavy (non-hydrogen) atoms. The molecule has 2 aromatic carbocycles. The molecule has 0 bridgehead atoms. The van der Waals surface area contributed by atoms with Crippen LogP contribution in [0.3, 0.4) is 0 Å². The van der Waals surface area contributed by atoms with Crippen molar-refractivity contribution in [3.63, 3.8) is 0 Å². The quantitative estimate of drug-likeness (QED) is 0.581. The number of allylic oxidation sites excluding steroid dienone is 1. The van der Waals surface area contributed by atoms with Crippen LogP contribution >= 0.6 is 11.6 Å². The van der Waals surface area contributed by atoms with Gasteiger partial charge < -0.3 is 10.7 Å². The summed E-state index contributed by atoms with van der Waals surface area (Å²) in [4.78, 5) is 0. The molecule has 0 radical (unpaired) electrons.